The fourth-order valence-corrected chi connectivity index (χ4v) is 3.16. The lowest BCUT2D eigenvalue weighted by molar-refractivity contribution is 0.0664. The lowest BCUT2D eigenvalue weighted by Crippen LogP contribution is -2.40. The molecule has 2 nitrogen and oxygen atoms in total. The smallest absolute Gasteiger partial charge is 0.255 e. The number of hydrogen-bond acceptors (Lipinski definition) is 1. The highest BCUT2D eigenvalue weighted by molar-refractivity contribution is 6.33. The van der Waals surface area contributed by atoms with Crippen LogP contribution in [0.5, 0.6) is 0 Å². The van der Waals surface area contributed by atoms with Crippen molar-refractivity contribution in [1.82, 2.24) is 4.90 Å². The van der Waals surface area contributed by atoms with Gasteiger partial charge in [0, 0.05) is 12.1 Å². The molecule has 3 rings (SSSR count). The van der Waals surface area contributed by atoms with Gasteiger partial charge in [0.25, 0.3) is 5.91 Å². The Morgan fingerprint density at radius 3 is 2.28 bits per heavy atom. The zero-order valence-electron chi connectivity index (χ0n) is 10.4. The third-order valence-corrected chi connectivity index (χ3v) is 4.33. The maximum atomic E-state index is 12.7. The van der Waals surface area contributed by atoms with Crippen molar-refractivity contribution in [3.8, 4) is 0 Å². The summed E-state index contributed by atoms with van der Waals surface area (Å²) >= 11 is 6.15. The molecular formula is C15H18ClNO. The Hall–Kier alpha value is -1.02. The average molecular weight is 264 g/mol. The van der Waals surface area contributed by atoms with Crippen molar-refractivity contribution in [2.24, 2.45) is 0 Å². The molecule has 0 unspecified atom stereocenters. The molecule has 0 heterocycles. The molecule has 0 bridgehead atoms. The summed E-state index contributed by atoms with van der Waals surface area (Å²) in [5, 5.41) is 0.575. The van der Waals surface area contributed by atoms with Crippen LogP contribution in [0.1, 0.15) is 48.9 Å². The number of hydrogen-bond donors (Lipinski definition) is 0. The van der Waals surface area contributed by atoms with Gasteiger partial charge in [0.05, 0.1) is 10.6 Å². The second-order valence-corrected chi connectivity index (χ2v) is 5.77. The fraction of sp³-hybridized carbons (Fsp3) is 0.533. The average Bonchev–Trinajstić information content (AvgIpc) is 3.05. The number of nitrogens with zero attached hydrogens (tertiary/aromatic N) is 1. The molecule has 3 heteroatoms. The number of rotatable bonds is 3. The van der Waals surface area contributed by atoms with Gasteiger partial charge in [-0.1, -0.05) is 36.6 Å². The number of carbonyl (C=O) groups is 1. The first-order chi connectivity index (χ1) is 8.77. The van der Waals surface area contributed by atoms with Crippen LogP contribution in [0.3, 0.4) is 0 Å². The predicted molar refractivity (Wildman–Crippen MR) is 72.9 cm³/mol. The van der Waals surface area contributed by atoms with E-state index < -0.39 is 0 Å². The van der Waals surface area contributed by atoms with E-state index in [1.165, 1.54) is 12.8 Å². The first-order valence-electron chi connectivity index (χ1n) is 6.84. The summed E-state index contributed by atoms with van der Waals surface area (Å²) in [5.41, 5.74) is 0.665. The van der Waals surface area contributed by atoms with E-state index in [4.69, 9.17) is 11.6 Å². The minimum absolute atomic E-state index is 0.134. The molecule has 0 atom stereocenters. The number of amides is 1. The van der Waals surface area contributed by atoms with E-state index in [9.17, 15) is 4.79 Å². The molecule has 1 amide bonds. The standard InChI is InChI=1S/C15H18ClNO/c16-14-8-4-3-7-13(14)15(18)17(12-9-10-12)11-5-1-2-6-11/h3-4,7-8,11-12H,1-2,5-6,9-10H2. The number of benzene rings is 1. The van der Waals surface area contributed by atoms with Crippen molar-refractivity contribution in [1.29, 1.82) is 0 Å². The first kappa shape index (κ1) is 12.0. The molecule has 0 N–H and O–H groups in total. The largest absolute Gasteiger partial charge is 0.333 e. The van der Waals surface area contributed by atoms with Crippen LogP contribution in [0.25, 0.3) is 0 Å². The Balaban J connectivity index is 1.86. The molecule has 96 valence electrons. The third kappa shape index (κ3) is 2.26. The predicted octanol–water partition coefficient (Wildman–Crippen LogP) is 3.89. The van der Waals surface area contributed by atoms with E-state index in [0.29, 0.717) is 22.7 Å². The summed E-state index contributed by atoms with van der Waals surface area (Å²) in [6.45, 7) is 0. The maximum Gasteiger partial charge on any atom is 0.255 e. The van der Waals surface area contributed by atoms with Gasteiger partial charge in [-0.15, -0.1) is 0 Å². The molecule has 1 aromatic carbocycles. The van der Waals surface area contributed by atoms with Gasteiger partial charge in [-0.2, -0.15) is 0 Å². The van der Waals surface area contributed by atoms with Gasteiger partial charge >= 0.3 is 0 Å². The van der Waals surface area contributed by atoms with Gasteiger partial charge in [-0.25, -0.2) is 0 Å². The van der Waals surface area contributed by atoms with Crippen molar-refractivity contribution in [3.63, 3.8) is 0 Å². The quantitative estimate of drug-likeness (QED) is 0.810. The van der Waals surface area contributed by atoms with E-state index in [0.717, 1.165) is 25.7 Å². The van der Waals surface area contributed by atoms with Crippen LogP contribution >= 0.6 is 11.6 Å². The Bertz CT molecular complexity index is 450. The van der Waals surface area contributed by atoms with Gasteiger partial charge in [0.15, 0.2) is 0 Å². The van der Waals surface area contributed by atoms with Crippen LogP contribution in [0.4, 0.5) is 0 Å². The highest BCUT2D eigenvalue weighted by Crippen LogP contribution is 2.36. The molecule has 0 aromatic heterocycles. The molecule has 2 fully saturated rings. The highest BCUT2D eigenvalue weighted by Gasteiger charge is 2.39. The van der Waals surface area contributed by atoms with E-state index >= 15 is 0 Å². The molecule has 2 aliphatic carbocycles. The van der Waals surface area contributed by atoms with E-state index in [-0.39, 0.29) is 5.91 Å². The molecular weight excluding hydrogens is 246 g/mol. The highest BCUT2D eigenvalue weighted by atomic mass is 35.5. The molecule has 18 heavy (non-hydrogen) atoms. The minimum atomic E-state index is 0.134. The molecule has 1 aromatic rings. The summed E-state index contributed by atoms with van der Waals surface area (Å²) in [6, 6.07) is 8.32. The topological polar surface area (TPSA) is 20.3 Å². The van der Waals surface area contributed by atoms with Crippen LogP contribution in [0, 0.1) is 0 Å². The zero-order valence-corrected chi connectivity index (χ0v) is 11.2. The van der Waals surface area contributed by atoms with Crippen LogP contribution in [-0.4, -0.2) is 22.9 Å². The van der Waals surface area contributed by atoms with Crippen molar-refractivity contribution < 1.29 is 4.79 Å². The Kier molecular flexibility index (Phi) is 3.29. The van der Waals surface area contributed by atoms with E-state index in [1.54, 1.807) is 6.07 Å². The van der Waals surface area contributed by atoms with Crippen molar-refractivity contribution in [2.75, 3.05) is 0 Å². The fourth-order valence-electron chi connectivity index (χ4n) is 2.94. The Morgan fingerprint density at radius 1 is 1.06 bits per heavy atom. The van der Waals surface area contributed by atoms with Gasteiger partial charge in [-0.3, -0.25) is 4.79 Å². The van der Waals surface area contributed by atoms with E-state index in [1.807, 2.05) is 18.2 Å². The zero-order chi connectivity index (χ0) is 12.5. The van der Waals surface area contributed by atoms with Crippen molar-refractivity contribution in [2.45, 2.75) is 50.6 Å². The lowest BCUT2D eigenvalue weighted by Gasteiger charge is -2.29. The van der Waals surface area contributed by atoms with Gasteiger partial charge in [0.1, 0.15) is 0 Å². The van der Waals surface area contributed by atoms with Gasteiger partial charge in [-0.05, 0) is 37.8 Å². The summed E-state index contributed by atoms with van der Waals surface area (Å²) in [6.07, 6.45) is 7.14. The summed E-state index contributed by atoms with van der Waals surface area (Å²) < 4.78 is 0. The molecule has 2 saturated carbocycles. The van der Waals surface area contributed by atoms with E-state index in [2.05, 4.69) is 4.90 Å². The molecule has 0 radical (unpaired) electrons. The SMILES string of the molecule is O=C(c1ccccc1Cl)N(C1CCCC1)C1CC1. The lowest BCUT2D eigenvalue weighted by atomic mass is 10.1. The van der Waals surface area contributed by atoms with Gasteiger partial charge in [0.2, 0.25) is 0 Å². The molecule has 0 spiro atoms. The first-order valence-corrected chi connectivity index (χ1v) is 7.22. The number of carbonyl (C=O) groups excluding carboxylic acids is 1. The summed E-state index contributed by atoms with van der Waals surface area (Å²) in [7, 11) is 0. The maximum absolute atomic E-state index is 12.7. The normalized spacial score (nSPS) is 20.1. The summed E-state index contributed by atoms with van der Waals surface area (Å²) in [4.78, 5) is 14.8. The van der Waals surface area contributed by atoms with Crippen LogP contribution < -0.4 is 0 Å². The second kappa shape index (κ2) is 4.93. The minimum Gasteiger partial charge on any atom is -0.333 e. The third-order valence-electron chi connectivity index (χ3n) is 4.00. The van der Waals surface area contributed by atoms with Crippen molar-refractivity contribution >= 4 is 17.5 Å². The van der Waals surface area contributed by atoms with Crippen LogP contribution in [0.15, 0.2) is 24.3 Å². The molecule has 0 saturated heterocycles. The Labute approximate surface area is 113 Å². The second-order valence-electron chi connectivity index (χ2n) is 5.36. The van der Waals surface area contributed by atoms with Crippen LogP contribution in [0.2, 0.25) is 5.02 Å². The van der Waals surface area contributed by atoms with Gasteiger partial charge < -0.3 is 4.90 Å². The van der Waals surface area contributed by atoms with Crippen LogP contribution in [-0.2, 0) is 0 Å². The summed E-state index contributed by atoms with van der Waals surface area (Å²) in [5.74, 6) is 0.134. The monoisotopic (exact) mass is 263 g/mol. The Morgan fingerprint density at radius 2 is 1.67 bits per heavy atom. The van der Waals surface area contributed by atoms with Crippen molar-refractivity contribution in [3.05, 3.63) is 34.9 Å². The molecule has 2 aliphatic rings. The number of halogens is 1. The molecule has 0 aliphatic heterocycles.